The number of piperazine rings is 1. The Kier molecular flexibility index (Phi) is 5.04. The fraction of sp³-hybridized carbons (Fsp3) is 0.350. The van der Waals surface area contributed by atoms with E-state index in [1.54, 1.807) is 50.1 Å². The SMILES string of the molecule is COc1cc(OC)cc(C(=O)N2CCN(c3ncnc4sc(C)cc34)CC2)c1. The molecule has 1 fully saturated rings. The zero-order valence-electron chi connectivity index (χ0n) is 16.1. The molecule has 0 atom stereocenters. The summed E-state index contributed by atoms with van der Waals surface area (Å²) >= 11 is 1.67. The van der Waals surface area contributed by atoms with Crippen molar-refractivity contribution in [3.05, 3.63) is 41.0 Å². The second-order valence-electron chi connectivity index (χ2n) is 6.65. The number of rotatable bonds is 4. The number of thiophene rings is 1. The van der Waals surface area contributed by atoms with Gasteiger partial charge in [0, 0.05) is 42.7 Å². The van der Waals surface area contributed by atoms with Crippen LogP contribution in [-0.4, -0.2) is 61.2 Å². The molecule has 3 aromatic rings. The fourth-order valence-corrected chi connectivity index (χ4v) is 4.29. The van der Waals surface area contributed by atoms with Gasteiger partial charge in [0.05, 0.1) is 19.6 Å². The van der Waals surface area contributed by atoms with Crippen molar-refractivity contribution >= 4 is 33.3 Å². The van der Waals surface area contributed by atoms with Crippen LogP contribution >= 0.6 is 11.3 Å². The van der Waals surface area contributed by atoms with Gasteiger partial charge in [0.25, 0.3) is 5.91 Å². The van der Waals surface area contributed by atoms with E-state index in [4.69, 9.17) is 9.47 Å². The number of amides is 1. The molecule has 0 spiro atoms. The molecule has 28 heavy (non-hydrogen) atoms. The Morgan fingerprint density at radius 2 is 1.68 bits per heavy atom. The molecular weight excluding hydrogens is 376 g/mol. The number of hydrogen-bond acceptors (Lipinski definition) is 7. The summed E-state index contributed by atoms with van der Waals surface area (Å²) in [5, 5.41) is 1.09. The molecule has 0 radical (unpaired) electrons. The fourth-order valence-electron chi connectivity index (χ4n) is 3.45. The van der Waals surface area contributed by atoms with Gasteiger partial charge in [-0.3, -0.25) is 4.79 Å². The Labute approximate surface area is 167 Å². The second-order valence-corrected chi connectivity index (χ2v) is 7.89. The molecule has 0 N–H and O–H groups in total. The summed E-state index contributed by atoms with van der Waals surface area (Å²) in [5.41, 5.74) is 0.572. The average Bonchev–Trinajstić information content (AvgIpc) is 3.13. The van der Waals surface area contributed by atoms with Crippen molar-refractivity contribution in [3.63, 3.8) is 0 Å². The predicted octanol–water partition coefficient (Wildman–Crippen LogP) is 2.98. The summed E-state index contributed by atoms with van der Waals surface area (Å²) in [6, 6.07) is 7.39. The summed E-state index contributed by atoms with van der Waals surface area (Å²) in [7, 11) is 3.16. The first-order chi connectivity index (χ1) is 13.6. The highest BCUT2D eigenvalue weighted by atomic mass is 32.1. The number of carbonyl (C=O) groups is 1. The normalized spacial score (nSPS) is 14.4. The first-order valence-corrected chi connectivity index (χ1v) is 9.89. The molecule has 1 aliphatic rings. The van der Waals surface area contributed by atoms with Crippen molar-refractivity contribution in [2.45, 2.75) is 6.92 Å². The molecule has 0 bridgehead atoms. The van der Waals surface area contributed by atoms with Crippen LogP contribution in [0.1, 0.15) is 15.2 Å². The van der Waals surface area contributed by atoms with E-state index in [2.05, 4.69) is 27.9 Å². The topological polar surface area (TPSA) is 67.8 Å². The van der Waals surface area contributed by atoms with Crippen LogP contribution in [0, 0.1) is 6.92 Å². The van der Waals surface area contributed by atoms with Crippen LogP contribution in [0.15, 0.2) is 30.6 Å². The van der Waals surface area contributed by atoms with E-state index >= 15 is 0 Å². The monoisotopic (exact) mass is 398 g/mol. The Bertz CT molecular complexity index is 990. The lowest BCUT2D eigenvalue weighted by atomic mass is 10.1. The molecule has 1 aromatic carbocycles. The Balaban J connectivity index is 1.50. The molecule has 1 amide bonds. The van der Waals surface area contributed by atoms with Gasteiger partial charge in [0.2, 0.25) is 0 Å². The lowest BCUT2D eigenvalue weighted by Gasteiger charge is -2.35. The van der Waals surface area contributed by atoms with Crippen molar-refractivity contribution in [3.8, 4) is 11.5 Å². The number of aromatic nitrogens is 2. The maximum Gasteiger partial charge on any atom is 0.254 e. The van der Waals surface area contributed by atoms with Gasteiger partial charge in [-0.1, -0.05) is 0 Å². The summed E-state index contributed by atoms with van der Waals surface area (Å²) in [6.45, 7) is 4.80. The first kappa shape index (κ1) is 18.5. The van der Waals surface area contributed by atoms with Gasteiger partial charge in [-0.15, -0.1) is 11.3 Å². The maximum absolute atomic E-state index is 13.0. The largest absolute Gasteiger partial charge is 0.497 e. The van der Waals surface area contributed by atoms with Crippen LogP contribution < -0.4 is 14.4 Å². The van der Waals surface area contributed by atoms with Gasteiger partial charge in [-0.2, -0.15) is 0 Å². The van der Waals surface area contributed by atoms with E-state index in [-0.39, 0.29) is 5.91 Å². The number of aryl methyl sites for hydroxylation is 1. The Hall–Kier alpha value is -2.87. The third-order valence-corrected chi connectivity index (χ3v) is 5.85. The molecule has 0 saturated carbocycles. The standard InChI is InChI=1S/C20H22N4O3S/c1-13-8-17-18(21-12-22-19(17)28-13)23-4-6-24(7-5-23)20(25)14-9-15(26-2)11-16(10-14)27-3/h8-12H,4-7H2,1-3H3. The van der Waals surface area contributed by atoms with Gasteiger partial charge in [-0.25, -0.2) is 9.97 Å². The molecule has 1 aliphatic heterocycles. The minimum absolute atomic E-state index is 0.0175. The van der Waals surface area contributed by atoms with Gasteiger partial charge in [0.1, 0.15) is 28.5 Å². The summed E-state index contributed by atoms with van der Waals surface area (Å²) in [6.07, 6.45) is 1.62. The Morgan fingerprint density at radius 1 is 1.00 bits per heavy atom. The van der Waals surface area contributed by atoms with Crippen LogP contribution in [0.25, 0.3) is 10.2 Å². The van der Waals surface area contributed by atoms with E-state index in [9.17, 15) is 4.79 Å². The van der Waals surface area contributed by atoms with Crippen LogP contribution in [0.5, 0.6) is 11.5 Å². The van der Waals surface area contributed by atoms with Crippen molar-refractivity contribution in [1.82, 2.24) is 14.9 Å². The molecule has 2 aromatic heterocycles. The van der Waals surface area contributed by atoms with Crippen molar-refractivity contribution < 1.29 is 14.3 Å². The highest BCUT2D eigenvalue weighted by Gasteiger charge is 2.25. The lowest BCUT2D eigenvalue weighted by molar-refractivity contribution is 0.0746. The minimum atomic E-state index is -0.0175. The zero-order valence-corrected chi connectivity index (χ0v) is 17.0. The number of carbonyl (C=O) groups excluding carboxylic acids is 1. The minimum Gasteiger partial charge on any atom is -0.497 e. The highest BCUT2D eigenvalue weighted by Crippen LogP contribution is 2.30. The van der Waals surface area contributed by atoms with E-state index < -0.39 is 0 Å². The quantitative estimate of drug-likeness (QED) is 0.673. The van der Waals surface area contributed by atoms with Crippen LogP contribution in [0.3, 0.4) is 0 Å². The molecule has 3 heterocycles. The van der Waals surface area contributed by atoms with Crippen LogP contribution in [-0.2, 0) is 0 Å². The first-order valence-electron chi connectivity index (χ1n) is 9.07. The summed E-state index contributed by atoms with van der Waals surface area (Å²) in [5.74, 6) is 2.15. The maximum atomic E-state index is 13.0. The van der Waals surface area contributed by atoms with Crippen molar-refractivity contribution in [2.75, 3.05) is 45.3 Å². The van der Waals surface area contributed by atoms with Gasteiger partial charge >= 0.3 is 0 Å². The number of anilines is 1. The average molecular weight is 398 g/mol. The molecule has 4 rings (SSSR count). The van der Waals surface area contributed by atoms with Gasteiger partial charge in [0.15, 0.2) is 0 Å². The third-order valence-electron chi connectivity index (χ3n) is 4.90. The number of benzene rings is 1. The number of fused-ring (bicyclic) bond motifs is 1. The molecule has 0 aliphatic carbocycles. The van der Waals surface area contributed by atoms with E-state index in [1.165, 1.54) is 4.88 Å². The third kappa shape index (κ3) is 3.47. The zero-order chi connectivity index (χ0) is 19.7. The summed E-state index contributed by atoms with van der Waals surface area (Å²) in [4.78, 5) is 28.2. The van der Waals surface area contributed by atoms with Crippen LogP contribution in [0.4, 0.5) is 5.82 Å². The van der Waals surface area contributed by atoms with Gasteiger partial charge in [-0.05, 0) is 25.1 Å². The second kappa shape index (κ2) is 7.63. The van der Waals surface area contributed by atoms with Gasteiger partial charge < -0.3 is 19.3 Å². The van der Waals surface area contributed by atoms with Crippen molar-refractivity contribution in [2.24, 2.45) is 0 Å². The highest BCUT2D eigenvalue weighted by molar-refractivity contribution is 7.18. The predicted molar refractivity (Wildman–Crippen MR) is 110 cm³/mol. The molecule has 8 heteroatoms. The molecule has 1 saturated heterocycles. The summed E-state index contributed by atoms with van der Waals surface area (Å²) < 4.78 is 10.6. The smallest absolute Gasteiger partial charge is 0.254 e. The molecular formula is C20H22N4O3S. The molecule has 7 nitrogen and oxygen atoms in total. The van der Waals surface area contributed by atoms with Crippen molar-refractivity contribution in [1.29, 1.82) is 0 Å². The van der Waals surface area contributed by atoms with E-state index in [0.717, 1.165) is 29.1 Å². The van der Waals surface area contributed by atoms with Crippen LogP contribution in [0.2, 0.25) is 0 Å². The lowest BCUT2D eigenvalue weighted by Crippen LogP contribution is -2.49. The number of ether oxygens (including phenoxy) is 2. The number of nitrogens with zero attached hydrogens (tertiary/aromatic N) is 4. The number of methoxy groups -OCH3 is 2. The van der Waals surface area contributed by atoms with E-state index in [0.29, 0.717) is 30.2 Å². The molecule has 0 unspecified atom stereocenters. The Morgan fingerprint density at radius 3 is 2.32 bits per heavy atom. The molecule has 146 valence electrons. The van der Waals surface area contributed by atoms with E-state index in [1.807, 2.05) is 4.90 Å². The number of hydrogen-bond donors (Lipinski definition) is 0.